The van der Waals surface area contributed by atoms with Crippen molar-refractivity contribution in [2.24, 2.45) is 0 Å². The average molecular weight is 1380 g/mol. The van der Waals surface area contributed by atoms with Gasteiger partial charge in [0.15, 0.2) is 28.6 Å². The molecule has 21 aromatic rings. The summed E-state index contributed by atoms with van der Waals surface area (Å²) >= 11 is 0. The molecule has 1 aliphatic rings. The van der Waals surface area contributed by atoms with Crippen molar-refractivity contribution in [1.29, 1.82) is 0 Å². The van der Waals surface area contributed by atoms with E-state index in [0.29, 0.717) is 41.1 Å². The molecule has 0 N–H and O–H groups in total. The van der Waals surface area contributed by atoms with Crippen LogP contribution in [0.5, 0.6) is 0 Å². The molecule has 0 saturated carbocycles. The lowest BCUT2D eigenvalue weighted by molar-refractivity contribution is 0.668. The van der Waals surface area contributed by atoms with Crippen molar-refractivity contribution >= 4 is 137 Å². The molecule has 0 saturated heterocycles. The second kappa shape index (κ2) is 24.2. The molecule has 0 spiro atoms. The maximum Gasteiger partial charge on any atom is 0.167 e. The average Bonchev–Trinajstić information content (AvgIpc) is 1.51. The first-order valence-corrected chi connectivity index (χ1v) is 36.9. The Morgan fingerprint density at radius 1 is 0.343 bits per heavy atom. The van der Waals surface area contributed by atoms with Gasteiger partial charge in [-0.2, -0.15) is 0 Å². The second-order valence-electron chi connectivity index (χ2n) is 28.8. The Kier molecular flexibility index (Phi) is 13.8. The number of benzene rings is 16. The Labute approximate surface area is 620 Å². The zero-order chi connectivity index (χ0) is 71.2. The zero-order valence-electron chi connectivity index (χ0n) is 58.9. The van der Waals surface area contributed by atoms with Crippen LogP contribution in [-0.4, -0.2) is 24.9 Å². The minimum Gasteiger partial charge on any atom is -0.455 e. The molecule has 0 bridgehead atoms. The fraction of sp³-hybridized carbons (Fsp3) is 0.0404. The first-order valence-electron chi connectivity index (χ1n) is 36.9. The largest absolute Gasteiger partial charge is 0.455 e. The number of aromatic nitrogens is 5. The molecule has 17 aromatic carbocycles. The quantitative estimate of drug-likeness (QED) is 0.117. The lowest BCUT2D eigenvalue weighted by atomic mass is 9.89. The van der Waals surface area contributed by atoms with Crippen LogP contribution < -0.4 is 9.80 Å². The summed E-state index contributed by atoms with van der Waals surface area (Å²) in [5.74, 6) is 2.11. The van der Waals surface area contributed by atoms with Crippen molar-refractivity contribution in [3.63, 3.8) is 0 Å². The van der Waals surface area contributed by atoms with Gasteiger partial charge in [0.1, 0.15) is 17.5 Å². The topological polar surface area (TPSA) is 97.2 Å². The lowest BCUT2D eigenvalue weighted by Gasteiger charge is -2.33. The molecule has 0 radical (unpaired) electrons. The molecule has 506 valence electrons. The highest BCUT2D eigenvalue weighted by Gasteiger charge is 2.33. The Morgan fingerprint density at radius 3 is 1.69 bits per heavy atom. The molecule has 108 heavy (non-hydrogen) atoms. The van der Waals surface area contributed by atoms with Gasteiger partial charge < -0.3 is 18.6 Å². The number of hydrogen-bond acceptors (Lipinski definition) is 9. The number of rotatable bonds is 11. The molecule has 0 atom stereocenters. The van der Waals surface area contributed by atoms with Crippen LogP contribution in [0, 0.1) is 0 Å². The number of hydrogen-bond donors (Lipinski definition) is 0. The smallest absolute Gasteiger partial charge is 0.167 e. The van der Waals surface area contributed by atoms with Crippen molar-refractivity contribution in [2.75, 3.05) is 9.80 Å². The Balaban J connectivity index is 0.849. The predicted molar refractivity (Wildman–Crippen MR) is 445 cm³/mol. The monoisotopic (exact) mass is 1380 g/mol. The van der Waals surface area contributed by atoms with Crippen molar-refractivity contribution in [3.05, 3.63) is 339 Å². The number of fused-ring (bicyclic) bond motifs is 9. The molecule has 0 aliphatic carbocycles. The molecular weight excluding hydrogens is 1320 g/mol. The van der Waals surface area contributed by atoms with Gasteiger partial charge >= 0.3 is 0 Å². The third kappa shape index (κ3) is 9.54. The van der Waals surface area contributed by atoms with Crippen molar-refractivity contribution in [2.45, 2.75) is 26.3 Å². The molecular formula is C99H63N7O2. The van der Waals surface area contributed by atoms with Gasteiger partial charge in [0.2, 0.25) is 0 Å². The minimum atomic E-state index is 0.400. The summed E-state index contributed by atoms with van der Waals surface area (Å²) in [5, 5.41) is 16.7. The first-order chi connectivity index (χ1) is 53.4. The van der Waals surface area contributed by atoms with Crippen LogP contribution in [0.4, 0.5) is 28.4 Å². The van der Waals surface area contributed by atoms with E-state index in [1.807, 2.05) is 12.4 Å². The van der Waals surface area contributed by atoms with Gasteiger partial charge in [-0.1, -0.05) is 257 Å². The van der Waals surface area contributed by atoms with E-state index in [9.17, 15) is 0 Å². The van der Waals surface area contributed by atoms with E-state index < -0.39 is 0 Å². The second-order valence-corrected chi connectivity index (χ2v) is 28.8. The fourth-order valence-corrected chi connectivity index (χ4v) is 17.3. The van der Waals surface area contributed by atoms with Crippen LogP contribution >= 0.6 is 0 Å². The van der Waals surface area contributed by atoms with E-state index in [4.69, 9.17) is 33.8 Å². The highest BCUT2D eigenvalue weighted by Crippen LogP contribution is 2.57. The van der Waals surface area contributed by atoms with Gasteiger partial charge in [0.05, 0.1) is 22.6 Å². The third-order valence-corrected chi connectivity index (χ3v) is 22.4. The summed E-state index contributed by atoms with van der Waals surface area (Å²) in [6.45, 7) is 5.02. The van der Waals surface area contributed by atoms with E-state index in [1.165, 1.54) is 38.8 Å². The van der Waals surface area contributed by atoms with Gasteiger partial charge in [-0.25, -0.2) is 24.9 Å². The summed E-state index contributed by atoms with van der Waals surface area (Å²) in [6.07, 6.45) is 5.52. The van der Waals surface area contributed by atoms with Gasteiger partial charge in [-0.3, -0.25) is 0 Å². The SMILES string of the molecule is CC(C)c1ccc(-c2ncc(-c3cc4oc5c(-c6ncnc(-c7cccc8cc9ccccc9cc78)n6)ccc6c7ccc(N(c8ccccc8)c8c9ccccc9c(-c9ccccc9)c9ccccc89)c8oc9c(N%10Cc%11ccc(-c%12ccccc%12)cc%11-c%11ccccc%11%10)ccc(c(c3)c4c56)c9c87)cn2)cc1. The molecule has 9 heteroatoms. The van der Waals surface area contributed by atoms with Crippen LogP contribution in [0.2, 0.25) is 0 Å². The van der Waals surface area contributed by atoms with Crippen molar-refractivity contribution < 1.29 is 8.83 Å². The van der Waals surface area contributed by atoms with E-state index >= 15 is 0 Å². The van der Waals surface area contributed by atoms with Crippen LogP contribution in [0.25, 0.3) is 187 Å². The van der Waals surface area contributed by atoms with Gasteiger partial charge in [-0.05, 0) is 171 Å². The van der Waals surface area contributed by atoms with Gasteiger partial charge in [0, 0.05) is 84.9 Å². The maximum atomic E-state index is 8.21. The minimum absolute atomic E-state index is 0.400. The first kappa shape index (κ1) is 61.3. The van der Waals surface area contributed by atoms with Crippen LogP contribution in [0.15, 0.2) is 337 Å². The van der Waals surface area contributed by atoms with E-state index in [-0.39, 0.29) is 0 Å². The summed E-state index contributed by atoms with van der Waals surface area (Å²) in [4.78, 5) is 30.5. The molecule has 4 aromatic heterocycles. The molecule has 0 unspecified atom stereocenters. The van der Waals surface area contributed by atoms with E-state index in [0.717, 1.165) is 159 Å². The Morgan fingerprint density at radius 2 is 0.944 bits per heavy atom. The van der Waals surface area contributed by atoms with Crippen LogP contribution in [-0.2, 0) is 6.54 Å². The summed E-state index contributed by atoms with van der Waals surface area (Å²) in [5.41, 5.74) is 21.6. The zero-order valence-corrected chi connectivity index (χ0v) is 58.9. The van der Waals surface area contributed by atoms with Gasteiger partial charge in [-0.15, -0.1) is 0 Å². The number of anilines is 5. The van der Waals surface area contributed by atoms with E-state index in [2.05, 4.69) is 333 Å². The third-order valence-electron chi connectivity index (χ3n) is 22.4. The highest BCUT2D eigenvalue weighted by atomic mass is 16.3. The molecule has 9 nitrogen and oxygen atoms in total. The van der Waals surface area contributed by atoms with Crippen LogP contribution in [0.3, 0.4) is 0 Å². The Hall–Kier alpha value is -14.2. The van der Waals surface area contributed by atoms with Crippen molar-refractivity contribution in [1.82, 2.24) is 24.9 Å². The van der Waals surface area contributed by atoms with Crippen molar-refractivity contribution in [3.8, 4) is 78.7 Å². The normalized spacial score (nSPS) is 12.4. The molecule has 0 amide bonds. The van der Waals surface area contributed by atoms with E-state index in [1.54, 1.807) is 6.33 Å². The molecule has 1 aliphatic heterocycles. The number of furan rings is 2. The summed E-state index contributed by atoms with van der Waals surface area (Å²) in [6, 6.07) is 112. The predicted octanol–water partition coefficient (Wildman–Crippen LogP) is 26.7. The maximum absolute atomic E-state index is 8.21. The molecule has 5 heterocycles. The molecule has 22 rings (SSSR count). The molecule has 0 fully saturated rings. The number of nitrogens with zero attached hydrogens (tertiary/aromatic N) is 7. The highest BCUT2D eigenvalue weighted by molar-refractivity contribution is 6.39. The fourth-order valence-electron chi connectivity index (χ4n) is 17.3. The van der Waals surface area contributed by atoms with Gasteiger partial charge in [0.25, 0.3) is 0 Å². The standard InChI is InChI=1S/C99H63N7O2/c1-58(2)59-37-39-62(40-38-59)97-100-54-69(55-101-97)68-52-83-76-45-47-85(105-56-67-42-41-65(60-21-6-3-7-22-60)51-82(67)71-30-18-19-36-84(71)105)95-92(76)91-75(74-43-44-80(94-90(74)89(83)87(53-68)107-94)99-103-57-102-98(104-99)79-35-20-27-66-49-63-25-12-13-26-64(63)50-81(66)79)46-48-86(96(91)108-95)106(70-28-10-5-11-29-70)93-77-33-16-14-31-72(77)88(61-23-8-4-9-24-61)73-32-15-17-34-78(73)93/h3-55,57-58H,56H2,1-2H3. The summed E-state index contributed by atoms with van der Waals surface area (Å²) < 4.78 is 15.8. The van der Waals surface area contributed by atoms with Crippen LogP contribution in [0.1, 0.15) is 30.9 Å². The lowest BCUT2D eigenvalue weighted by Crippen LogP contribution is -2.21. The number of para-hydroxylation sites is 2. The summed E-state index contributed by atoms with van der Waals surface area (Å²) in [7, 11) is 0. The Bertz CT molecular complexity index is 7180.